The smallest absolute Gasteiger partial charge is 0.256 e. The molecule has 0 bridgehead atoms. The van der Waals surface area contributed by atoms with E-state index in [1.807, 2.05) is 42.6 Å². The van der Waals surface area contributed by atoms with E-state index < -0.39 is 0 Å². The lowest BCUT2D eigenvalue weighted by atomic mass is 9.88. The molecule has 1 saturated carbocycles. The Hall–Kier alpha value is -1.52. The molecule has 1 aliphatic carbocycles. The molecule has 0 atom stereocenters. The summed E-state index contributed by atoms with van der Waals surface area (Å²) >= 11 is 8.00. The lowest BCUT2D eigenvalue weighted by Gasteiger charge is -2.19. The molecule has 0 aliphatic heterocycles. The van der Waals surface area contributed by atoms with Crippen LogP contribution in [0.3, 0.4) is 0 Å². The van der Waals surface area contributed by atoms with Gasteiger partial charge in [0, 0.05) is 30.0 Å². The zero-order chi connectivity index (χ0) is 17.1. The Bertz CT molecular complexity index is 720. The zero-order valence-corrected chi connectivity index (χ0v) is 15.7. The number of amides is 1. The maximum atomic E-state index is 12.5. The van der Waals surface area contributed by atoms with Gasteiger partial charge in [0.2, 0.25) is 0 Å². The van der Waals surface area contributed by atoms with Crippen molar-refractivity contribution in [3.8, 4) is 0 Å². The summed E-state index contributed by atoms with van der Waals surface area (Å²) in [7, 11) is 3.92. The molecule has 1 fully saturated rings. The minimum atomic E-state index is -0.0900. The monoisotopic (exact) mass is 362 g/mol. The Kier molecular flexibility index (Phi) is 5.47. The molecular formula is C19H23ClN2OS. The zero-order valence-electron chi connectivity index (χ0n) is 14.1. The van der Waals surface area contributed by atoms with Crippen LogP contribution < -0.4 is 10.2 Å². The van der Waals surface area contributed by atoms with Gasteiger partial charge in [-0.15, -0.1) is 11.3 Å². The Morgan fingerprint density at radius 2 is 1.96 bits per heavy atom. The van der Waals surface area contributed by atoms with Crippen molar-refractivity contribution in [1.82, 2.24) is 0 Å². The fourth-order valence-corrected chi connectivity index (χ4v) is 4.43. The molecular weight excluding hydrogens is 340 g/mol. The summed E-state index contributed by atoms with van der Waals surface area (Å²) in [6.07, 6.45) is 6.45. The molecule has 0 unspecified atom stereocenters. The summed E-state index contributed by atoms with van der Waals surface area (Å²) in [6.45, 7) is 0. The molecule has 1 aromatic heterocycles. The second-order valence-corrected chi connectivity index (χ2v) is 7.94. The highest BCUT2D eigenvalue weighted by atomic mass is 35.5. The number of hydrogen-bond acceptors (Lipinski definition) is 3. The van der Waals surface area contributed by atoms with Crippen LogP contribution >= 0.6 is 22.9 Å². The van der Waals surface area contributed by atoms with Crippen LogP contribution in [0.5, 0.6) is 0 Å². The van der Waals surface area contributed by atoms with Crippen LogP contribution in [0.15, 0.2) is 29.6 Å². The highest BCUT2D eigenvalue weighted by molar-refractivity contribution is 7.10. The molecule has 0 spiro atoms. The summed E-state index contributed by atoms with van der Waals surface area (Å²) in [5.74, 6) is 0.543. The van der Waals surface area contributed by atoms with E-state index in [4.69, 9.17) is 11.6 Å². The number of carbonyl (C=O) groups is 1. The summed E-state index contributed by atoms with van der Waals surface area (Å²) in [5.41, 5.74) is 2.39. The predicted molar refractivity (Wildman–Crippen MR) is 104 cm³/mol. The van der Waals surface area contributed by atoms with Gasteiger partial charge in [0.05, 0.1) is 16.3 Å². The van der Waals surface area contributed by atoms with E-state index in [2.05, 4.69) is 11.4 Å². The second-order valence-electron chi connectivity index (χ2n) is 6.59. The number of hydrogen-bond donors (Lipinski definition) is 1. The first-order chi connectivity index (χ1) is 11.5. The molecule has 24 heavy (non-hydrogen) atoms. The average molecular weight is 363 g/mol. The van der Waals surface area contributed by atoms with Crippen molar-refractivity contribution in [1.29, 1.82) is 0 Å². The van der Waals surface area contributed by atoms with E-state index in [1.165, 1.54) is 37.0 Å². The SMILES string of the molecule is CN(C)c1ccc(NC(=O)c2csc(C3CCCCC3)c2)c(Cl)c1. The predicted octanol–water partition coefficient (Wildman–Crippen LogP) is 5.77. The second kappa shape index (κ2) is 7.58. The summed E-state index contributed by atoms with van der Waals surface area (Å²) < 4.78 is 0. The van der Waals surface area contributed by atoms with Gasteiger partial charge in [-0.05, 0) is 43.0 Å². The Labute approximate surface area is 152 Å². The van der Waals surface area contributed by atoms with Crippen LogP contribution in [0, 0.1) is 0 Å². The van der Waals surface area contributed by atoms with Crippen molar-refractivity contribution in [2.45, 2.75) is 38.0 Å². The molecule has 1 heterocycles. The first-order valence-corrected chi connectivity index (χ1v) is 9.67. The highest BCUT2D eigenvalue weighted by Crippen LogP contribution is 2.36. The van der Waals surface area contributed by atoms with Crippen LogP contribution in [0.2, 0.25) is 5.02 Å². The van der Waals surface area contributed by atoms with Crippen LogP contribution in [0.25, 0.3) is 0 Å². The third-order valence-electron chi connectivity index (χ3n) is 4.61. The van der Waals surface area contributed by atoms with Crippen molar-refractivity contribution < 1.29 is 4.79 Å². The molecule has 5 heteroatoms. The number of benzene rings is 1. The quantitative estimate of drug-likeness (QED) is 0.749. The van der Waals surface area contributed by atoms with Gasteiger partial charge in [0.15, 0.2) is 0 Å². The number of nitrogens with one attached hydrogen (secondary N) is 1. The molecule has 3 rings (SSSR count). The standard InChI is InChI=1S/C19H23ClN2OS/c1-22(2)15-8-9-17(16(20)11-15)21-19(23)14-10-18(24-12-14)13-6-4-3-5-7-13/h8-13H,3-7H2,1-2H3,(H,21,23). The maximum Gasteiger partial charge on any atom is 0.256 e. The average Bonchev–Trinajstić information content (AvgIpc) is 3.07. The maximum absolute atomic E-state index is 12.5. The third kappa shape index (κ3) is 3.93. The first-order valence-electron chi connectivity index (χ1n) is 8.41. The Balaban J connectivity index is 1.70. The van der Waals surface area contributed by atoms with Crippen molar-refractivity contribution >= 4 is 40.2 Å². The van der Waals surface area contributed by atoms with E-state index in [0.717, 1.165) is 11.3 Å². The number of anilines is 2. The van der Waals surface area contributed by atoms with Crippen LogP contribution in [0.1, 0.15) is 53.3 Å². The number of carbonyl (C=O) groups excluding carboxylic acids is 1. The number of halogens is 1. The van der Waals surface area contributed by atoms with E-state index in [0.29, 0.717) is 16.6 Å². The number of thiophene rings is 1. The van der Waals surface area contributed by atoms with Crippen molar-refractivity contribution in [2.75, 3.05) is 24.3 Å². The molecule has 3 nitrogen and oxygen atoms in total. The molecule has 0 saturated heterocycles. The Morgan fingerprint density at radius 3 is 2.62 bits per heavy atom. The minimum Gasteiger partial charge on any atom is -0.378 e. The molecule has 128 valence electrons. The molecule has 2 aromatic rings. The van der Waals surface area contributed by atoms with Crippen molar-refractivity contribution in [3.63, 3.8) is 0 Å². The van der Waals surface area contributed by atoms with Gasteiger partial charge in [0.1, 0.15) is 0 Å². The largest absolute Gasteiger partial charge is 0.378 e. The summed E-state index contributed by atoms with van der Waals surface area (Å²) in [4.78, 5) is 15.8. The normalized spacial score (nSPS) is 15.3. The van der Waals surface area contributed by atoms with Crippen molar-refractivity contribution in [2.24, 2.45) is 0 Å². The first kappa shape index (κ1) is 17.3. The van der Waals surface area contributed by atoms with Gasteiger partial charge in [-0.2, -0.15) is 0 Å². The lowest BCUT2D eigenvalue weighted by molar-refractivity contribution is 0.102. The molecule has 0 radical (unpaired) electrons. The van der Waals surface area contributed by atoms with Gasteiger partial charge in [-0.25, -0.2) is 0 Å². The van der Waals surface area contributed by atoms with E-state index in [1.54, 1.807) is 11.3 Å². The van der Waals surface area contributed by atoms with Gasteiger partial charge in [-0.1, -0.05) is 30.9 Å². The van der Waals surface area contributed by atoms with Crippen LogP contribution in [-0.4, -0.2) is 20.0 Å². The van der Waals surface area contributed by atoms with E-state index in [-0.39, 0.29) is 5.91 Å². The number of nitrogens with zero attached hydrogens (tertiary/aromatic N) is 1. The van der Waals surface area contributed by atoms with E-state index in [9.17, 15) is 4.79 Å². The number of rotatable bonds is 4. The summed E-state index contributed by atoms with van der Waals surface area (Å²) in [6, 6.07) is 7.71. The highest BCUT2D eigenvalue weighted by Gasteiger charge is 2.19. The fourth-order valence-electron chi connectivity index (χ4n) is 3.15. The Morgan fingerprint density at radius 1 is 1.21 bits per heavy atom. The fraction of sp³-hybridized carbons (Fsp3) is 0.421. The molecule has 1 aromatic carbocycles. The topological polar surface area (TPSA) is 32.3 Å². The summed E-state index contributed by atoms with van der Waals surface area (Å²) in [5, 5.41) is 5.44. The molecule has 1 N–H and O–H groups in total. The minimum absolute atomic E-state index is 0.0900. The lowest BCUT2D eigenvalue weighted by Crippen LogP contribution is -2.12. The van der Waals surface area contributed by atoms with Gasteiger partial charge in [-0.3, -0.25) is 4.79 Å². The molecule has 1 amide bonds. The molecule has 1 aliphatic rings. The van der Waals surface area contributed by atoms with Gasteiger partial charge < -0.3 is 10.2 Å². The van der Waals surface area contributed by atoms with Crippen LogP contribution in [0.4, 0.5) is 11.4 Å². The van der Waals surface area contributed by atoms with E-state index >= 15 is 0 Å². The van der Waals surface area contributed by atoms with Crippen LogP contribution in [-0.2, 0) is 0 Å². The van der Waals surface area contributed by atoms with Crippen molar-refractivity contribution in [3.05, 3.63) is 45.1 Å². The third-order valence-corrected chi connectivity index (χ3v) is 6.01. The van der Waals surface area contributed by atoms with Gasteiger partial charge in [0.25, 0.3) is 5.91 Å². The van der Waals surface area contributed by atoms with Gasteiger partial charge >= 0.3 is 0 Å².